The quantitative estimate of drug-likeness (QED) is 0.162. The van der Waals surface area contributed by atoms with Gasteiger partial charge in [-0.05, 0) is 146 Å². The number of fused-ring (bicyclic) bond motifs is 15. The van der Waals surface area contributed by atoms with Crippen molar-refractivity contribution in [3.8, 4) is 22.3 Å². The van der Waals surface area contributed by atoms with Crippen molar-refractivity contribution in [1.29, 1.82) is 0 Å². The van der Waals surface area contributed by atoms with Gasteiger partial charge >= 0.3 is 6.85 Å². The summed E-state index contributed by atoms with van der Waals surface area (Å²) in [7, 11) is 0. The first-order valence-corrected chi connectivity index (χ1v) is 23.7. The van der Waals surface area contributed by atoms with E-state index in [0.717, 1.165) is 62.1 Å². The molecule has 5 heteroatoms. The Labute approximate surface area is 383 Å². The lowest BCUT2D eigenvalue weighted by atomic mass is 9.45. The lowest BCUT2D eigenvalue weighted by Crippen LogP contribution is -2.61. The Kier molecular flexibility index (Phi) is 7.59. The van der Waals surface area contributed by atoms with E-state index in [1.807, 2.05) is 0 Å². The SMILES string of the molecule is Cc1cc2c(cc1N1c3c4c(cc5c3C(C)(C)c3ccccc3-5)-c3c(ccc5oc6ccccc6c35)N(c3ccc(C(C)(C)C)cc3)B4c3oc4ccccc4c31)C(C)(C)CCC2(C)C. The van der Waals surface area contributed by atoms with E-state index < -0.39 is 0 Å². The highest BCUT2D eigenvalue weighted by Crippen LogP contribution is 2.60. The maximum atomic E-state index is 7.44. The van der Waals surface area contributed by atoms with Crippen LogP contribution in [0.3, 0.4) is 0 Å². The maximum absolute atomic E-state index is 7.44. The van der Waals surface area contributed by atoms with Crippen molar-refractivity contribution in [2.75, 3.05) is 9.71 Å². The molecule has 4 heterocycles. The van der Waals surface area contributed by atoms with Gasteiger partial charge in [0.05, 0.1) is 5.69 Å². The number of hydrogen-bond acceptors (Lipinski definition) is 4. The summed E-state index contributed by atoms with van der Waals surface area (Å²) in [5.74, 6) is 0. The minimum absolute atomic E-state index is 0.00881. The molecule has 4 aliphatic rings. The fourth-order valence-corrected chi connectivity index (χ4v) is 12.6. The first kappa shape index (κ1) is 39.0. The average molecular weight is 847 g/mol. The van der Waals surface area contributed by atoms with Gasteiger partial charge in [-0.3, -0.25) is 0 Å². The second-order valence-corrected chi connectivity index (χ2v) is 22.4. The molecular formula is C60H55BN2O2. The topological polar surface area (TPSA) is 32.8 Å². The van der Waals surface area contributed by atoms with Crippen molar-refractivity contribution in [3.05, 3.63) is 161 Å². The van der Waals surface area contributed by atoms with Crippen LogP contribution in [0, 0.1) is 6.92 Å². The van der Waals surface area contributed by atoms with E-state index in [1.165, 1.54) is 78.9 Å². The van der Waals surface area contributed by atoms with Gasteiger partial charge in [-0.1, -0.05) is 135 Å². The zero-order chi connectivity index (χ0) is 44.7. The van der Waals surface area contributed by atoms with Gasteiger partial charge in [0.15, 0.2) is 0 Å². The van der Waals surface area contributed by atoms with E-state index in [-0.39, 0.29) is 28.5 Å². The predicted molar refractivity (Wildman–Crippen MR) is 274 cm³/mol. The Hall–Kier alpha value is -6.46. The molecule has 65 heavy (non-hydrogen) atoms. The summed E-state index contributed by atoms with van der Waals surface area (Å²) in [5, 5.41) is 3.40. The Morgan fingerprint density at radius 1 is 0.569 bits per heavy atom. The van der Waals surface area contributed by atoms with Crippen LogP contribution >= 0.6 is 0 Å². The second kappa shape index (κ2) is 12.7. The van der Waals surface area contributed by atoms with E-state index in [9.17, 15) is 0 Å². The first-order chi connectivity index (χ1) is 31.0. The highest BCUT2D eigenvalue weighted by atomic mass is 16.3. The maximum Gasteiger partial charge on any atom is 0.375 e. The molecule has 0 atom stereocenters. The van der Waals surface area contributed by atoms with Crippen molar-refractivity contribution in [3.63, 3.8) is 0 Å². The van der Waals surface area contributed by atoms with Gasteiger partial charge < -0.3 is 18.5 Å². The van der Waals surface area contributed by atoms with Crippen LogP contribution in [0.1, 0.15) is 109 Å². The van der Waals surface area contributed by atoms with Gasteiger partial charge in [-0.15, -0.1) is 0 Å². The summed E-state index contributed by atoms with van der Waals surface area (Å²) >= 11 is 0. The molecule has 0 radical (unpaired) electrons. The van der Waals surface area contributed by atoms with Gasteiger partial charge in [0.2, 0.25) is 0 Å². The lowest BCUT2D eigenvalue weighted by Gasteiger charge is -2.47. The second-order valence-electron chi connectivity index (χ2n) is 22.4. The molecule has 4 nitrogen and oxygen atoms in total. The third-order valence-electron chi connectivity index (χ3n) is 16.2. The molecular weight excluding hydrogens is 791 g/mol. The molecule has 0 saturated carbocycles. The number of furan rings is 2. The largest absolute Gasteiger partial charge is 0.466 e. The van der Waals surface area contributed by atoms with Gasteiger partial charge in [-0.25, -0.2) is 0 Å². The lowest BCUT2D eigenvalue weighted by molar-refractivity contribution is 0.332. The van der Waals surface area contributed by atoms with Crippen molar-refractivity contribution >= 4 is 79.3 Å². The van der Waals surface area contributed by atoms with Crippen LogP contribution in [-0.4, -0.2) is 6.85 Å². The van der Waals surface area contributed by atoms with Crippen LogP contribution in [-0.2, 0) is 21.7 Å². The number of nitrogens with zero attached hydrogens (tertiary/aromatic N) is 2. The van der Waals surface area contributed by atoms with Gasteiger partial charge in [0, 0.05) is 49.9 Å². The molecule has 320 valence electrons. The van der Waals surface area contributed by atoms with Crippen molar-refractivity contribution in [2.45, 2.75) is 104 Å². The molecule has 2 aromatic heterocycles. The molecule has 0 saturated heterocycles. The zero-order valence-corrected chi connectivity index (χ0v) is 39.3. The number of aryl methyl sites for hydroxylation is 1. The predicted octanol–water partition coefficient (Wildman–Crippen LogP) is 15.3. The summed E-state index contributed by atoms with van der Waals surface area (Å²) in [6, 6.07) is 47.9. The number of rotatable bonds is 2. The summed E-state index contributed by atoms with van der Waals surface area (Å²) in [6.07, 6.45) is 2.31. The summed E-state index contributed by atoms with van der Waals surface area (Å²) in [4.78, 5) is 5.27. The number of anilines is 5. The van der Waals surface area contributed by atoms with E-state index in [1.54, 1.807) is 0 Å². The first-order valence-electron chi connectivity index (χ1n) is 23.7. The number of benzene rings is 7. The normalized spacial score (nSPS) is 17.2. The van der Waals surface area contributed by atoms with Crippen LogP contribution in [0.4, 0.5) is 28.4 Å². The Bertz CT molecular complexity index is 3540. The molecule has 0 amide bonds. The minimum Gasteiger partial charge on any atom is -0.466 e. The molecule has 0 spiro atoms. The van der Waals surface area contributed by atoms with E-state index in [2.05, 4.69) is 206 Å². The fraction of sp³-hybridized carbons (Fsp3) is 0.267. The standard InChI is InChI=1S/C60H55BN2O2/c1-34-31-43-44(59(7,8)30-29-58(43,5)6)33-46(34)62-54-39-19-13-16-22-48(39)65-56(54)61-53-41(32-40-37-17-11-14-20-42(37)60(9,10)52(40)55(53)62)50-45(63(61)36-25-23-35(24-26-36)57(2,3)4)27-28-49-51(50)38-18-12-15-21-47(38)64-49/h11-28,31-33H,29-30H2,1-10H3. The third-order valence-corrected chi connectivity index (χ3v) is 16.2. The van der Waals surface area contributed by atoms with Crippen LogP contribution < -0.4 is 20.8 Å². The molecule has 0 unspecified atom stereocenters. The minimum atomic E-state index is -0.312. The van der Waals surface area contributed by atoms with Crippen LogP contribution in [0.5, 0.6) is 0 Å². The van der Waals surface area contributed by atoms with Gasteiger partial charge in [0.25, 0.3) is 0 Å². The molecule has 0 N–H and O–H groups in total. The smallest absolute Gasteiger partial charge is 0.375 e. The van der Waals surface area contributed by atoms with E-state index >= 15 is 0 Å². The molecule has 0 bridgehead atoms. The van der Waals surface area contributed by atoms with Gasteiger partial charge in [-0.2, -0.15) is 0 Å². The number of hydrogen-bond donors (Lipinski definition) is 0. The van der Waals surface area contributed by atoms with Crippen LogP contribution in [0.25, 0.3) is 55.2 Å². The highest BCUT2D eigenvalue weighted by molar-refractivity contribution is 6.93. The third kappa shape index (κ3) is 5.10. The van der Waals surface area contributed by atoms with Crippen molar-refractivity contribution in [1.82, 2.24) is 0 Å². The monoisotopic (exact) mass is 846 g/mol. The Morgan fingerprint density at radius 2 is 1.22 bits per heavy atom. The van der Waals surface area contributed by atoms with Crippen LogP contribution in [0.2, 0.25) is 0 Å². The van der Waals surface area contributed by atoms with Crippen LogP contribution in [0.15, 0.2) is 136 Å². The highest BCUT2D eigenvalue weighted by Gasteiger charge is 2.53. The number of para-hydroxylation sites is 2. The molecule has 9 aromatic rings. The fourth-order valence-electron chi connectivity index (χ4n) is 12.6. The summed E-state index contributed by atoms with van der Waals surface area (Å²) in [5.41, 5.74) is 23.9. The molecule has 2 aliphatic heterocycles. The van der Waals surface area contributed by atoms with Gasteiger partial charge in [0.1, 0.15) is 22.4 Å². The molecule has 0 fully saturated rings. The Balaban J connectivity index is 1.24. The molecule has 2 aliphatic carbocycles. The zero-order valence-electron chi connectivity index (χ0n) is 39.3. The molecule has 7 aromatic carbocycles. The average Bonchev–Trinajstić information content (AvgIpc) is 3.93. The van der Waals surface area contributed by atoms with E-state index in [4.69, 9.17) is 8.83 Å². The van der Waals surface area contributed by atoms with Crippen molar-refractivity contribution in [2.24, 2.45) is 0 Å². The van der Waals surface area contributed by atoms with E-state index in [0.29, 0.717) is 0 Å². The summed E-state index contributed by atoms with van der Waals surface area (Å²) in [6.45, 7) is 23.6. The van der Waals surface area contributed by atoms with Crippen molar-refractivity contribution < 1.29 is 8.83 Å². The Morgan fingerprint density at radius 3 is 1.94 bits per heavy atom. The molecule has 13 rings (SSSR count). The summed E-state index contributed by atoms with van der Waals surface area (Å²) < 4.78 is 14.2.